The molecule has 0 spiro atoms. The standard InChI is InChI=1S/C14H13FN2O3S/c1-2-20-14(19)10-5-6-21-13(10)17-12(18)9-4-3-8(15)7-11(9)16/h3-7H,2,16H2,1H3,(H,17,18). The lowest BCUT2D eigenvalue weighted by atomic mass is 10.1. The minimum absolute atomic E-state index is 0.0294. The largest absolute Gasteiger partial charge is 0.462 e. The normalized spacial score (nSPS) is 10.2. The monoisotopic (exact) mass is 308 g/mol. The van der Waals surface area contributed by atoms with Crippen LogP contribution in [0, 0.1) is 5.82 Å². The Morgan fingerprint density at radius 3 is 2.76 bits per heavy atom. The van der Waals surface area contributed by atoms with Crippen LogP contribution in [0.4, 0.5) is 15.1 Å². The maximum Gasteiger partial charge on any atom is 0.341 e. The average molecular weight is 308 g/mol. The topological polar surface area (TPSA) is 81.4 Å². The van der Waals surface area contributed by atoms with E-state index in [-0.39, 0.29) is 23.4 Å². The first-order chi connectivity index (χ1) is 10.0. The Kier molecular flexibility index (Phi) is 4.54. The lowest BCUT2D eigenvalue weighted by molar-refractivity contribution is 0.0528. The van der Waals surface area contributed by atoms with Gasteiger partial charge in [-0.05, 0) is 36.6 Å². The van der Waals surface area contributed by atoms with Gasteiger partial charge in [-0.1, -0.05) is 0 Å². The number of rotatable bonds is 4. The number of anilines is 2. The number of ether oxygens (including phenoxy) is 1. The van der Waals surface area contributed by atoms with Gasteiger partial charge in [0.15, 0.2) is 0 Å². The molecule has 0 saturated heterocycles. The fourth-order valence-electron chi connectivity index (χ4n) is 1.69. The number of nitrogens with one attached hydrogen (secondary N) is 1. The van der Waals surface area contributed by atoms with Crippen molar-refractivity contribution in [3.05, 3.63) is 46.6 Å². The van der Waals surface area contributed by atoms with Crippen molar-refractivity contribution in [1.82, 2.24) is 0 Å². The van der Waals surface area contributed by atoms with E-state index in [1.54, 1.807) is 18.4 Å². The highest BCUT2D eigenvalue weighted by atomic mass is 32.1. The first-order valence-corrected chi connectivity index (χ1v) is 7.02. The molecule has 0 bridgehead atoms. The van der Waals surface area contributed by atoms with Crippen LogP contribution >= 0.6 is 11.3 Å². The number of hydrogen-bond acceptors (Lipinski definition) is 5. The smallest absolute Gasteiger partial charge is 0.341 e. The van der Waals surface area contributed by atoms with Gasteiger partial charge in [-0.15, -0.1) is 11.3 Å². The van der Waals surface area contributed by atoms with E-state index in [2.05, 4.69) is 5.32 Å². The molecule has 1 aromatic heterocycles. The molecule has 3 N–H and O–H groups in total. The van der Waals surface area contributed by atoms with Gasteiger partial charge in [0.25, 0.3) is 5.91 Å². The lowest BCUT2D eigenvalue weighted by Crippen LogP contribution is -2.15. The summed E-state index contributed by atoms with van der Waals surface area (Å²) in [6, 6.07) is 5.06. The third-order valence-electron chi connectivity index (χ3n) is 2.65. The van der Waals surface area contributed by atoms with Gasteiger partial charge < -0.3 is 15.8 Å². The van der Waals surface area contributed by atoms with Gasteiger partial charge in [0.05, 0.1) is 17.7 Å². The summed E-state index contributed by atoms with van der Waals surface area (Å²) in [6.45, 7) is 1.94. The highest BCUT2D eigenvalue weighted by molar-refractivity contribution is 7.14. The number of carbonyl (C=O) groups excluding carboxylic acids is 2. The maximum atomic E-state index is 13.0. The van der Waals surface area contributed by atoms with Gasteiger partial charge in [0, 0.05) is 5.69 Å². The Morgan fingerprint density at radius 1 is 1.33 bits per heavy atom. The first-order valence-electron chi connectivity index (χ1n) is 6.14. The van der Waals surface area contributed by atoms with E-state index >= 15 is 0 Å². The van der Waals surface area contributed by atoms with Crippen molar-refractivity contribution in [2.24, 2.45) is 0 Å². The predicted molar refractivity (Wildman–Crippen MR) is 79.0 cm³/mol. The second kappa shape index (κ2) is 6.36. The number of nitrogen functional groups attached to an aromatic ring is 1. The van der Waals surface area contributed by atoms with Crippen molar-refractivity contribution in [3.63, 3.8) is 0 Å². The summed E-state index contributed by atoms with van der Waals surface area (Å²) in [5.74, 6) is -1.55. The van der Waals surface area contributed by atoms with E-state index in [9.17, 15) is 14.0 Å². The lowest BCUT2D eigenvalue weighted by Gasteiger charge is -2.08. The van der Waals surface area contributed by atoms with Crippen LogP contribution in [0.1, 0.15) is 27.6 Å². The highest BCUT2D eigenvalue weighted by Gasteiger charge is 2.18. The molecular weight excluding hydrogens is 295 g/mol. The van der Waals surface area contributed by atoms with Crippen molar-refractivity contribution in [2.75, 3.05) is 17.7 Å². The Hall–Kier alpha value is -2.41. The van der Waals surface area contributed by atoms with Gasteiger partial charge in [-0.3, -0.25) is 4.79 Å². The maximum absolute atomic E-state index is 13.0. The molecule has 0 aliphatic rings. The van der Waals surface area contributed by atoms with Crippen molar-refractivity contribution >= 4 is 33.9 Å². The van der Waals surface area contributed by atoms with Crippen molar-refractivity contribution < 1.29 is 18.7 Å². The van der Waals surface area contributed by atoms with E-state index in [0.717, 1.165) is 12.1 Å². The number of halogens is 1. The SMILES string of the molecule is CCOC(=O)c1ccsc1NC(=O)c1ccc(F)cc1N. The molecule has 0 atom stereocenters. The Bertz CT molecular complexity index is 685. The number of carbonyl (C=O) groups is 2. The molecule has 0 fully saturated rings. The van der Waals surface area contributed by atoms with E-state index in [4.69, 9.17) is 10.5 Å². The third kappa shape index (κ3) is 3.38. The summed E-state index contributed by atoms with van der Waals surface area (Å²) in [5, 5.41) is 4.61. The Labute approximate surface area is 124 Å². The first kappa shape index (κ1) is 15.0. The summed E-state index contributed by atoms with van der Waals surface area (Å²) in [6.07, 6.45) is 0. The van der Waals surface area contributed by atoms with Gasteiger partial charge in [0.2, 0.25) is 0 Å². The molecule has 1 aromatic carbocycles. The van der Waals surface area contributed by atoms with Crippen LogP contribution in [0.3, 0.4) is 0 Å². The van der Waals surface area contributed by atoms with Crippen LogP contribution in [-0.2, 0) is 4.74 Å². The van der Waals surface area contributed by atoms with E-state index in [1.807, 2.05) is 0 Å². The molecule has 0 saturated carbocycles. The van der Waals surface area contributed by atoms with Gasteiger partial charge in [0.1, 0.15) is 10.8 Å². The molecule has 2 rings (SSSR count). The Balaban J connectivity index is 2.20. The molecule has 0 unspecified atom stereocenters. The van der Waals surface area contributed by atoms with Crippen LogP contribution in [0.2, 0.25) is 0 Å². The van der Waals surface area contributed by atoms with Crippen LogP contribution in [0.5, 0.6) is 0 Å². The minimum atomic E-state index is -0.521. The molecule has 110 valence electrons. The van der Waals surface area contributed by atoms with Crippen LogP contribution in [0.15, 0.2) is 29.6 Å². The molecule has 21 heavy (non-hydrogen) atoms. The summed E-state index contributed by atoms with van der Waals surface area (Å²) >= 11 is 1.19. The molecule has 1 amide bonds. The molecular formula is C14H13FN2O3S. The molecule has 5 nitrogen and oxygen atoms in total. The number of amides is 1. The molecule has 0 aliphatic carbocycles. The fraction of sp³-hybridized carbons (Fsp3) is 0.143. The highest BCUT2D eigenvalue weighted by Crippen LogP contribution is 2.25. The second-order valence-electron chi connectivity index (χ2n) is 4.07. The fourth-order valence-corrected chi connectivity index (χ4v) is 2.46. The van der Waals surface area contributed by atoms with E-state index in [1.165, 1.54) is 17.4 Å². The molecule has 0 aliphatic heterocycles. The summed E-state index contributed by atoms with van der Waals surface area (Å²) in [5.41, 5.74) is 6.05. The van der Waals surface area contributed by atoms with Crippen LogP contribution < -0.4 is 11.1 Å². The summed E-state index contributed by atoms with van der Waals surface area (Å²) in [4.78, 5) is 23.8. The van der Waals surface area contributed by atoms with Gasteiger partial charge in [-0.2, -0.15) is 0 Å². The van der Waals surface area contributed by atoms with Crippen LogP contribution in [0.25, 0.3) is 0 Å². The summed E-state index contributed by atoms with van der Waals surface area (Å²) < 4.78 is 17.9. The second-order valence-corrected chi connectivity index (χ2v) is 4.99. The van der Waals surface area contributed by atoms with E-state index < -0.39 is 17.7 Å². The number of nitrogens with two attached hydrogens (primary N) is 1. The zero-order valence-electron chi connectivity index (χ0n) is 11.2. The van der Waals surface area contributed by atoms with Crippen LogP contribution in [-0.4, -0.2) is 18.5 Å². The van der Waals surface area contributed by atoms with Crippen molar-refractivity contribution in [1.29, 1.82) is 0 Å². The van der Waals surface area contributed by atoms with E-state index in [0.29, 0.717) is 5.00 Å². The third-order valence-corrected chi connectivity index (χ3v) is 3.48. The average Bonchev–Trinajstić information content (AvgIpc) is 2.87. The number of hydrogen-bond donors (Lipinski definition) is 2. The predicted octanol–water partition coefficient (Wildman–Crippen LogP) is 2.90. The van der Waals surface area contributed by atoms with Crippen molar-refractivity contribution in [3.8, 4) is 0 Å². The quantitative estimate of drug-likeness (QED) is 0.672. The molecule has 7 heteroatoms. The summed E-state index contributed by atoms with van der Waals surface area (Å²) in [7, 11) is 0. The van der Waals surface area contributed by atoms with Gasteiger partial charge >= 0.3 is 5.97 Å². The minimum Gasteiger partial charge on any atom is -0.462 e. The number of thiophene rings is 1. The zero-order chi connectivity index (χ0) is 15.4. The zero-order valence-corrected chi connectivity index (χ0v) is 12.0. The molecule has 1 heterocycles. The Morgan fingerprint density at radius 2 is 2.10 bits per heavy atom. The van der Waals surface area contributed by atoms with Crippen molar-refractivity contribution in [2.45, 2.75) is 6.92 Å². The van der Waals surface area contributed by atoms with Gasteiger partial charge in [-0.25, -0.2) is 9.18 Å². The number of esters is 1. The number of benzene rings is 1. The molecule has 0 radical (unpaired) electrons. The molecule has 2 aromatic rings.